The summed E-state index contributed by atoms with van der Waals surface area (Å²) >= 11 is 1.55. The lowest BCUT2D eigenvalue weighted by Gasteiger charge is -2.10. The van der Waals surface area contributed by atoms with Gasteiger partial charge >= 0.3 is 0 Å². The first-order valence-corrected chi connectivity index (χ1v) is 8.70. The molecule has 0 atom stereocenters. The lowest BCUT2D eigenvalue weighted by atomic mass is 10.1. The summed E-state index contributed by atoms with van der Waals surface area (Å²) in [6, 6.07) is 13.9. The average molecular weight is 371 g/mol. The number of nitrogens with zero attached hydrogens (tertiary/aromatic N) is 3. The number of carbonyl (C=O) groups is 1. The second-order valence-corrected chi connectivity index (χ2v) is 6.89. The molecule has 0 unspecified atom stereocenters. The van der Waals surface area contributed by atoms with Crippen LogP contribution in [0.1, 0.15) is 21.5 Å². The molecule has 3 heterocycles. The van der Waals surface area contributed by atoms with E-state index in [0.29, 0.717) is 6.54 Å². The number of hydrogen-bond acceptors (Lipinski definition) is 5. The molecule has 2 aliphatic heterocycles. The third kappa shape index (κ3) is 2.58. The number of hydrogen-bond donors (Lipinski definition) is 1. The highest BCUT2D eigenvalue weighted by Crippen LogP contribution is 2.34. The summed E-state index contributed by atoms with van der Waals surface area (Å²) in [4.78, 5) is 23.5. The summed E-state index contributed by atoms with van der Waals surface area (Å²) in [5.74, 6) is 0.975. The molecule has 25 heavy (non-hydrogen) atoms. The van der Waals surface area contributed by atoms with E-state index in [0.717, 1.165) is 51.0 Å². The first-order valence-electron chi connectivity index (χ1n) is 7.89. The zero-order valence-electron chi connectivity index (χ0n) is 13.2. The van der Waals surface area contributed by atoms with Crippen LogP contribution in [-0.2, 0) is 6.54 Å². The molecule has 5 rings (SSSR count). The van der Waals surface area contributed by atoms with Gasteiger partial charge in [-0.15, -0.1) is 12.4 Å². The minimum atomic E-state index is 0. The molecule has 0 radical (unpaired) electrons. The van der Waals surface area contributed by atoms with Crippen molar-refractivity contribution in [2.24, 2.45) is 4.99 Å². The van der Waals surface area contributed by atoms with Crippen molar-refractivity contribution in [3.05, 3.63) is 59.2 Å². The molecule has 0 aliphatic carbocycles. The molecule has 7 heteroatoms. The first-order chi connectivity index (χ1) is 11.8. The lowest BCUT2D eigenvalue weighted by molar-refractivity contribution is 0.0996. The van der Waals surface area contributed by atoms with Crippen molar-refractivity contribution in [1.29, 1.82) is 0 Å². The van der Waals surface area contributed by atoms with Crippen LogP contribution in [0.3, 0.4) is 0 Å². The Morgan fingerprint density at radius 1 is 1.16 bits per heavy atom. The molecule has 126 valence electrons. The summed E-state index contributed by atoms with van der Waals surface area (Å²) in [6.07, 6.45) is 0. The van der Waals surface area contributed by atoms with Crippen molar-refractivity contribution in [3.8, 4) is 0 Å². The largest absolute Gasteiger partial charge is 0.368 e. The zero-order chi connectivity index (χ0) is 16.1. The van der Waals surface area contributed by atoms with Crippen LogP contribution in [0.15, 0.2) is 47.5 Å². The van der Waals surface area contributed by atoms with E-state index in [2.05, 4.69) is 21.4 Å². The molecule has 1 amide bonds. The predicted molar refractivity (Wildman–Crippen MR) is 103 cm³/mol. The Bertz CT molecular complexity index is 1010. The number of thiazole rings is 1. The van der Waals surface area contributed by atoms with Gasteiger partial charge in [-0.25, -0.2) is 4.98 Å². The maximum absolute atomic E-state index is 12.6. The van der Waals surface area contributed by atoms with E-state index in [1.807, 2.05) is 36.4 Å². The summed E-state index contributed by atoms with van der Waals surface area (Å²) in [5.41, 5.74) is 3.83. The minimum Gasteiger partial charge on any atom is -0.368 e. The number of anilines is 1. The SMILES string of the molecule is Cl.O=C1c2ccccc2CN1c1nc2ccc(C3=NCCN3)cc2s1. The molecule has 1 N–H and O–H groups in total. The fraction of sp³-hybridized carbons (Fsp3) is 0.167. The van der Waals surface area contributed by atoms with Gasteiger partial charge in [-0.3, -0.25) is 14.7 Å². The van der Waals surface area contributed by atoms with Crippen LogP contribution in [0.5, 0.6) is 0 Å². The van der Waals surface area contributed by atoms with Crippen LogP contribution in [0.25, 0.3) is 10.2 Å². The number of amides is 1. The second-order valence-electron chi connectivity index (χ2n) is 5.88. The summed E-state index contributed by atoms with van der Waals surface area (Å²) in [6.45, 7) is 2.31. The Hall–Kier alpha value is -2.44. The number of aromatic nitrogens is 1. The molecule has 3 aromatic rings. The third-order valence-electron chi connectivity index (χ3n) is 4.38. The quantitative estimate of drug-likeness (QED) is 0.753. The highest BCUT2D eigenvalue weighted by atomic mass is 35.5. The molecular formula is C18H15ClN4OS. The van der Waals surface area contributed by atoms with Gasteiger partial charge < -0.3 is 5.32 Å². The number of halogens is 1. The normalized spacial score (nSPS) is 15.8. The van der Waals surface area contributed by atoms with Gasteiger partial charge in [0.05, 0.1) is 23.3 Å². The van der Waals surface area contributed by atoms with E-state index in [-0.39, 0.29) is 18.3 Å². The molecular weight excluding hydrogens is 356 g/mol. The van der Waals surface area contributed by atoms with Crippen LogP contribution in [0.4, 0.5) is 5.13 Å². The topological polar surface area (TPSA) is 57.6 Å². The standard InChI is InChI=1S/C18H14N4OS.ClH/c23-17-13-4-2-1-3-12(13)10-22(17)18-21-14-6-5-11(9-15(14)24-18)16-19-7-8-20-16;/h1-6,9H,7-8,10H2,(H,19,20);1H. The molecule has 0 fully saturated rings. The smallest absolute Gasteiger partial charge is 0.260 e. The first kappa shape index (κ1) is 16.1. The van der Waals surface area contributed by atoms with Gasteiger partial charge in [-0.2, -0.15) is 0 Å². The van der Waals surface area contributed by atoms with Crippen LogP contribution >= 0.6 is 23.7 Å². The van der Waals surface area contributed by atoms with E-state index in [4.69, 9.17) is 0 Å². The number of nitrogens with one attached hydrogen (secondary N) is 1. The Morgan fingerprint density at radius 2 is 2.04 bits per heavy atom. The molecule has 0 bridgehead atoms. The van der Waals surface area contributed by atoms with Gasteiger partial charge in [0.1, 0.15) is 5.84 Å². The highest BCUT2D eigenvalue weighted by molar-refractivity contribution is 7.22. The van der Waals surface area contributed by atoms with Gasteiger partial charge in [-0.05, 0) is 29.8 Å². The Labute approximate surface area is 154 Å². The monoisotopic (exact) mass is 370 g/mol. The van der Waals surface area contributed by atoms with Crippen molar-refractivity contribution >= 4 is 50.8 Å². The molecule has 5 nitrogen and oxygen atoms in total. The summed E-state index contributed by atoms with van der Waals surface area (Å²) < 4.78 is 1.07. The molecule has 0 saturated carbocycles. The van der Waals surface area contributed by atoms with Crippen LogP contribution in [0.2, 0.25) is 0 Å². The Balaban J connectivity index is 0.00000157. The maximum Gasteiger partial charge on any atom is 0.260 e. The van der Waals surface area contributed by atoms with Gasteiger partial charge in [0.25, 0.3) is 5.91 Å². The van der Waals surface area contributed by atoms with Gasteiger partial charge in [0.15, 0.2) is 5.13 Å². The second kappa shape index (κ2) is 6.13. The summed E-state index contributed by atoms with van der Waals surface area (Å²) in [7, 11) is 0. The van der Waals surface area contributed by atoms with E-state index in [1.165, 1.54) is 0 Å². The van der Waals surface area contributed by atoms with E-state index >= 15 is 0 Å². The van der Waals surface area contributed by atoms with Crippen molar-refractivity contribution < 1.29 is 4.79 Å². The zero-order valence-corrected chi connectivity index (χ0v) is 14.9. The summed E-state index contributed by atoms with van der Waals surface area (Å²) in [5, 5.41) is 4.04. The van der Waals surface area contributed by atoms with Crippen molar-refractivity contribution in [3.63, 3.8) is 0 Å². The number of carbonyl (C=O) groups excluding carboxylic acids is 1. The molecule has 0 saturated heterocycles. The van der Waals surface area contributed by atoms with Gasteiger partial charge in [0, 0.05) is 17.7 Å². The van der Waals surface area contributed by atoms with E-state index in [9.17, 15) is 4.79 Å². The average Bonchev–Trinajstić information content (AvgIpc) is 3.33. The predicted octanol–water partition coefficient (Wildman–Crippen LogP) is 3.23. The maximum atomic E-state index is 12.6. The fourth-order valence-corrected chi connectivity index (χ4v) is 4.18. The highest BCUT2D eigenvalue weighted by Gasteiger charge is 2.30. The van der Waals surface area contributed by atoms with Crippen molar-refractivity contribution in [2.45, 2.75) is 6.54 Å². The van der Waals surface area contributed by atoms with Crippen molar-refractivity contribution in [2.75, 3.05) is 18.0 Å². The fourth-order valence-electron chi connectivity index (χ4n) is 3.18. The number of aliphatic imine (C=N–C) groups is 1. The van der Waals surface area contributed by atoms with Gasteiger partial charge in [-0.1, -0.05) is 29.5 Å². The molecule has 2 aliphatic rings. The van der Waals surface area contributed by atoms with E-state index in [1.54, 1.807) is 16.2 Å². The minimum absolute atomic E-state index is 0. The third-order valence-corrected chi connectivity index (χ3v) is 5.42. The number of benzene rings is 2. The van der Waals surface area contributed by atoms with E-state index < -0.39 is 0 Å². The number of amidine groups is 1. The Morgan fingerprint density at radius 3 is 2.84 bits per heavy atom. The van der Waals surface area contributed by atoms with Crippen LogP contribution < -0.4 is 10.2 Å². The van der Waals surface area contributed by atoms with Crippen LogP contribution in [-0.4, -0.2) is 29.8 Å². The lowest BCUT2D eigenvalue weighted by Crippen LogP contribution is -2.22. The number of rotatable bonds is 2. The number of fused-ring (bicyclic) bond motifs is 2. The van der Waals surface area contributed by atoms with Gasteiger partial charge in [0.2, 0.25) is 0 Å². The van der Waals surface area contributed by atoms with Crippen molar-refractivity contribution in [1.82, 2.24) is 10.3 Å². The Kier molecular flexibility index (Phi) is 3.94. The molecule has 0 spiro atoms. The molecule has 1 aromatic heterocycles. The molecule has 2 aromatic carbocycles. The van der Waals surface area contributed by atoms with Crippen LogP contribution in [0, 0.1) is 0 Å².